The predicted molar refractivity (Wildman–Crippen MR) is 65.6 cm³/mol. The van der Waals surface area contributed by atoms with Gasteiger partial charge in [-0.05, 0) is 13.8 Å². The Labute approximate surface area is 102 Å². The van der Waals surface area contributed by atoms with E-state index in [0.29, 0.717) is 0 Å². The molecule has 0 N–H and O–H groups in total. The van der Waals surface area contributed by atoms with Crippen molar-refractivity contribution in [2.45, 2.75) is 19.9 Å². The summed E-state index contributed by atoms with van der Waals surface area (Å²) < 4.78 is 0. The molecule has 1 aliphatic rings. The van der Waals surface area contributed by atoms with E-state index in [0.717, 1.165) is 37.7 Å². The maximum Gasteiger partial charge on any atom is 0.150 e. The molecule has 1 atom stereocenters. The van der Waals surface area contributed by atoms with Crippen molar-refractivity contribution in [3.05, 3.63) is 18.1 Å². The fourth-order valence-corrected chi connectivity index (χ4v) is 2.11. The molecular weight excluding hydrogens is 214 g/mol. The monoisotopic (exact) mass is 231 g/mol. The highest BCUT2D eigenvalue weighted by Gasteiger charge is 2.22. The minimum atomic E-state index is 0.0000967. The number of nitriles is 1. The first kappa shape index (κ1) is 11.8. The van der Waals surface area contributed by atoms with Crippen LogP contribution in [0.5, 0.6) is 0 Å². The Hall–Kier alpha value is -1.67. The van der Waals surface area contributed by atoms with E-state index in [9.17, 15) is 0 Å². The summed E-state index contributed by atoms with van der Waals surface area (Å²) in [5, 5.41) is 8.89. The van der Waals surface area contributed by atoms with Crippen LogP contribution in [0.15, 0.2) is 12.4 Å². The van der Waals surface area contributed by atoms with Gasteiger partial charge >= 0.3 is 0 Å². The molecule has 0 amide bonds. The lowest BCUT2D eigenvalue weighted by Gasteiger charge is -2.36. The number of nitrogens with zero attached hydrogens (tertiary/aromatic N) is 5. The molecular formula is C12H17N5. The third-order valence-electron chi connectivity index (χ3n) is 3.20. The largest absolute Gasteiger partial charge is 0.353 e. The molecule has 5 heteroatoms. The van der Waals surface area contributed by atoms with E-state index in [1.165, 1.54) is 0 Å². The molecule has 2 rings (SSSR count). The standard InChI is InChI=1S/C12H17N5/c1-10(9-13)16-5-7-17(8-6-16)12-11(2)14-3-4-15-12/h3-4,10H,5-8H2,1-2H3. The van der Waals surface area contributed by atoms with E-state index in [4.69, 9.17) is 5.26 Å². The molecule has 1 aromatic rings. The van der Waals surface area contributed by atoms with E-state index in [1.807, 2.05) is 13.8 Å². The fraction of sp³-hybridized carbons (Fsp3) is 0.583. The van der Waals surface area contributed by atoms with Gasteiger partial charge in [0.1, 0.15) is 5.82 Å². The van der Waals surface area contributed by atoms with Gasteiger partial charge in [-0.3, -0.25) is 9.88 Å². The molecule has 1 saturated heterocycles. The summed E-state index contributed by atoms with van der Waals surface area (Å²) in [6, 6.07) is 2.28. The Morgan fingerprint density at radius 1 is 1.24 bits per heavy atom. The number of rotatable bonds is 2. The van der Waals surface area contributed by atoms with E-state index in [2.05, 4.69) is 25.8 Å². The van der Waals surface area contributed by atoms with E-state index in [1.54, 1.807) is 12.4 Å². The van der Waals surface area contributed by atoms with Crippen LogP contribution in [0, 0.1) is 18.3 Å². The van der Waals surface area contributed by atoms with Gasteiger partial charge in [-0.1, -0.05) is 0 Å². The maximum absolute atomic E-state index is 8.89. The van der Waals surface area contributed by atoms with Crippen LogP contribution >= 0.6 is 0 Å². The molecule has 0 aliphatic carbocycles. The summed E-state index contributed by atoms with van der Waals surface area (Å²) >= 11 is 0. The van der Waals surface area contributed by atoms with Crippen molar-refractivity contribution in [3.63, 3.8) is 0 Å². The highest BCUT2D eigenvalue weighted by Crippen LogP contribution is 2.16. The second kappa shape index (κ2) is 5.11. The first-order valence-electron chi connectivity index (χ1n) is 5.88. The highest BCUT2D eigenvalue weighted by atomic mass is 15.3. The van der Waals surface area contributed by atoms with Crippen molar-refractivity contribution in [2.24, 2.45) is 0 Å². The van der Waals surface area contributed by atoms with E-state index in [-0.39, 0.29) is 6.04 Å². The van der Waals surface area contributed by atoms with Crippen molar-refractivity contribution >= 4 is 5.82 Å². The number of piperazine rings is 1. The summed E-state index contributed by atoms with van der Waals surface area (Å²) in [6.07, 6.45) is 3.44. The van der Waals surface area contributed by atoms with Crippen molar-refractivity contribution < 1.29 is 0 Å². The lowest BCUT2D eigenvalue weighted by Crippen LogP contribution is -2.49. The maximum atomic E-state index is 8.89. The van der Waals surface area contributed by atoms with Gasteiger partial charge in [0.05, 0.1) is 17.8 Å². The van der Waals surface area contributed by atoms with Crippen molar-refractivity contribution in [2.75, 3.05) is 31.1 Å². The second-order valence-corrected chi connectivity index (χ2v) is 4.29. The molecule has 2 heterocycles. The van der Waals surface area contributed by atoms with E-state index >= 15 is 0 Å². The van der Waals surface area contributed by atoms with Crippen LogP contribution in [0.3, 0.4) is 0 Å². The first-order valence-corrected chi connectivity index (χ1v) is 5.88. The number of anilines is 1. The fourth-order valence-electron chi connectivity index (χ4n) is 2.11. The van der Waals surface area contributed by atoms with Crippen LogP contribution in [0.2, 0.25) is 0 Å². The Morgan fingerprint density at radius 2 is 1.88 bits per heavy atom. The van der Waals surface area contributed by atoms with Crippen molar-refractivity contribution in [3.8, 4) is 6.07 Å². The first-order chi connectivity index (χ1) is 8.22. The molecule has 0 bridgehead atoms. The zero-order valence-electron chi connectivity index (χ0n) is 10.3. The number of hydrogen-bond acceptors (Lipinski definition) is 5. The number of aromatic nitrogens is 2. The molecule has 0 saturated carbocycles. The van der Waals surface area contributed by atoms with Gasteiger partial charge in [0.25, 0.3) is 0 Å². The topological polar surface area (TPSA) is 56.1 Å². The molecule has 17 heavy (non-hydrogen) atoms. The van der Waals surface area contributed by atoms with Crippen molar-refractivity contribution in [1.82, 2.24) is 14.9 Å². The summed E-state index contributed by atoms with van der Waals surface area (Å²) in [6.45, 7) is 7.56. The minimum absolute atomic E-state index is 0.0000967. The highest BCUT2D eigenvalue weighted by molar-refractivity contribution is 5.42. The van der Waals surface area contributed by atoms with Crippen LogP contribution in [0.4, 0.5) is 5.82 Å². The summed E-state index contributed by atoms with van der Waals surface area (Å²) in [7, 11) is 0. The van der Waals surface area contributed by atoms with Gasteiger partial charge < -0.3 is 4.90 Å². The zero-order valence-corrected chi connectivity index (χ0v) is 10.3. The Balaban J connectivity index is 2.01. The number of hydrogen-bond donors (Lipinski definition) is 0. The molecule has 1 fully saturated rings. The van der Waals surface area contributed by atoms with Gasteiger partial charge in [0, 0.05) is 38.6 Å². The summed E-state index contributed by atoms with van der Waals surface area (Å²) in [5.41, 5.74) is 0.967. The quantitative estimate of drug-likeness (QED) is 0.754. The smallest absolute Gasteiger partial charge is 0.150 e. The van der Waals surface area contributed by atoms with Crippen LogP contribution < -0.4 is 4.90 Å². The lowest BCUT2D eigenvalue weighted by molar-refractivity contribution is 0.231. The third kappa shape index (κ3) is 2.53. The Kier molecular flexibility index (Phi) is 3.55. The second-order valence-electron chi connectivity index (χ2n) is 4.29. The molecule has 1 aliphatic heterocycles. The predicted octanol–water partition coefficient (Wildman–Crippen LogP) is 0.819. The number of aryl methyl sites for hydroxylation is 1. The van der Waals surface area contributed by atoms with Gasteiger partial charge in [-0.15, -0.1) is 0 Å². The molecule has 0 spiro atoms. The molecule has 0 radical (unpaired) electrons. The van der Waals surface area contributed by atoms with Crippen LogP contribution in [-0.2, 0) is 0 Å². The third-order valence-corrected chi connectivity index (χ3v) is 3.20. The normalized spacial score (nSPS) is 18.8. The molecule has 0 aromatic carbocycles. The van der Waals surface area contributed by atoms with Gasteiger partial charge in [-0.2, -0.15) is 5.26 Å². The SMILES string of the molecule is Cc1nccnc1N1CCN(C(C)C#N)CC1. The van der Waals surface area contributed by atoms with Crippen LogP contribution in [-0.4, -0.2) is 47.1 Å². The van der Waals surface area contributed by atoms with E-state index < -0.39 is 0 Å². The molecule has 1 aromatic heterocycles. The lowest BCUT2D eigenvalue weighted by atomic mass is 10.2. The van der Waals surface area contributed by atoms with Crippen molar-refractivity contribution in [1.29, 1.82) is 5.26 Å². The molecule has 1 unspecified atom stereocenters. The summed E-state index contributed by atoms with van der Waals surface area (Å²) in [4.78, 5) is 13.1. The molecule has 5 nitrogen and oxygen atoms in total. The van der Waals surface area contributed by atoms with Crippen LogP contribution in [0.1, 0.15) is 12.6 Å². The van der Waals surface area contributed by atoms with Crippen LogP contribution in [0.25, 0.3) is 0 Å². The minimum Gasteiger partial charge on any atom is -0.353 e. The van der Waals surface area contributed by atoms with Gasteiger partial charge in [0.15, 0.2) is 0 Å². The summed E-state index contributed by atoms with van der Waals surface area (Å²) in [5.74, 6) is 0.969. The average Bonchev–Trinajstić information content (AvgIpc) is 2.39. The average molecular weight is 231 g/mol. The van der Waals surface area contributed by atoms with Gasteiger partial charge in [-0.25, -0.2) is 4.98 Å². The Morgan fingerprint density at radius 3 is 2.47 bits per heavy atom. The Bertz CT molecular complexity index is 417. The molecule has 90 valence electrons. The van der Waals surface area contributed by atoms with Gasteiger partial charge in [0.2, 0.25) is 0 Å². The zero-order chi connectivity index (χ0) is 12.3.